The monoisotopic (exact) mass is 793 g/mol. The highest BCUT2D eigenvalue weighted by Crippen LogP contribution is 2.43. The summed E-state index contributed by atoms with van der Waals surface area (Å²) in [6.07, 6.45) is 0. The Balaban J connectivity index is 1.25. The molecular weight excluding hydrogens is 759 g/mol. The number of Topliss-reactive ketones (excluding diaryl/α,β-unsaturated/α-hetero) is 4. The first kappa shape index (κ1) is 38.9. The summed E-state index contributed by atoms with van der Waals surface area (Å²) in [4.78, 5) is 112. The van der Waals surface area contributed by atoms with E-state index >= 15 is 0 Å². The lowest BCUT2D eigenvalue weighted by Crippen LogP contribution is -2.32. The summed E-state index contributed by atoms with van der Waals surface area (Å²) in [5.74, 6) is -5.36. The van der Waals surface area contributed by atoms with Gasteiger partial charge in [0.05, 0.1) is 44.8 Å². The van der Waals surface area contributed by atoms with Gasteiger partial charge in [-0.2, -0.15) is 0 Å². The van der Waals surface area contributed by atoms with Crippen molar-refractivity contribution in [3.63, 3.8) is 0 Å². The maximum atomic E-state index is 14.1. The highest BCUT2D eigenvalue weighted by molar-refractivity contribution is 6.37. The molecule has 2 heterocycles. The van der Waals surface area contributed by atoms with Crippen LogP contribution >= 0.6 is 0 Å². The standard InChI is InChI=1S/C49H35N3O8/c1-24-6-8-29(9-7-24)31-12-16-36-38(22-31)48(59)51(46(36)57)40-20-18-34(42(25(2)53)44(40)27(4)55)35-19-21-41(45(28(5)56)43(35)26(3)54)52-47(58)37-17-13-32(23-39(37)49(52)60)30-10-14-33(50)15-11-30/h6-23H,50H2,1-5H3. The molecule has 0 saturated heterocycles. The third-order valence-electron chi connectivity index (χ3n) is 10.9. The van der Waals surface area contributed by atoms with Crippen LogP contribution in [-0.2, 0) is 0 Å². The Morgan fingerprint density at radius 3 is 1.07 bits per heavy atom. The van der Waals surface area contributed by atoms with Crippen LogP contribution in [0.25, 0.3) is 33.4 Å². The van der Waals surface area contributed by atoms with Crippen molar-refractivity contribution < 1.29 is 38.4 Å². The van der Waals surface area contributed by atoms with E-state index in [1.807, 2.05) is 31.2 Å². The molecule has 6 aromatic rings. The van der Waals surface area contributed by atoms with Crippen LogP contribution < -0.4 is 15.5 Å². The first-order chi connectivity index (χ1) is 28.6. The molecule has 4 amide bonds. The lowest BCUT2D eigenvalue weighted by atomic mass is 9.84. The van der Waals surface area contributed by atoms with Gasteiger partial charge in [0.15, 0.2) is 23.1 Å². The second kappa shape index (κ2) is 14.5. The maximum absolute atomic E-state index is 14.1. The third kappa shape index (κ3) is 6.15. The predicted octanol–water partition coefficient (Wildman–Crippen LogP) is 8.99. The number of ketones is 4. The summed E-state index contributed by atoms with van der Waals surface area (Å²) in [7, 11) is 0. The van der Waals surface area contributed by atoms with E-state index in [4.69, 9.17) is 5.73 Å². The average Bonchev–Trinajstić information content (AvgIpc) is 3.62. The first-order valence-corrected chi connectivity index (χ1v) is 19.0. The average molecular weight is 794 g/mol. The molecule has 2 aliphatic heterocycles. The van der Waals surface area contributed by atoms with E-state index in [2.05, 4.69) is 0 Å². The van der Waals surface area contributed by atoms with Crippen LogP contribution in [0.1, 0.15) is 116 Å². The molecule has 8 rings (SSSR count). The Bertz CT molecular complexity index is 2780. The van der Waals surface area contributed by atoms with Gasteiger partial charge in [-0.1, -0.05) is 66.2 Å². The van der Waals surface area contributed by atoms with Gasteiger partial charge >= 0.3 is 0 Å². The highest BCUT2D eigenvalue weighted by atomic mass is 16.2. The number of aryl methyl sites for hydroxylation is 1. The molecule has 0 bridgehead atoms. The van der Waals surface area contributed by atoms with Gasteiger partial charge < -0.3 is 5.73 Å². The van der Waals surface area contributed by atoms with Gasteiger partial charge in [0.1, 0.15) is 0 Å². The van der Waals surface area contributed by atoms with Crippen molar-refractivity contribution >= 4 is 63.8 Å². The number of hydrogen-bond acceptors (Lipinski definition) is 9. The summed E-state index contributed by atoms with van der Waals surface area (Å²) in [6, 6.07) is 29.9. The molecule has 6 aromatic carbocycles. The number of carbonyl (C=O) groups is 8. The number of nitrogens with two attached hydrogens (primary N) is 1. The fourth-order valence-corrected chi connectivity index (χ4v) is 8.15. The quantitative estimate of drug-likeness (QED) is 0.0853. The molecule has 0 spiro atoms. The number of imide groups is 2. The number of amides is 4. The zero-order valence-electron chi connectivity index (χ0n) is 33.1. The van der Waals surface area contributed by atoms with E-state index in [1.54, 1.807) is 54.6 Å². The van der Waals surface area contributed by atoms with Crippen molar-refractivity contribution in [3.8, 4) is 33.4 Å². The van der Waals surface area contributed by atoms with Crippen molar-refractivity contribution in [2.45, 2.75) is 34.6 Å². The van der Waals surface area contributed by atoms with Gasteiger partial charge in [-0.3, -0.25) is 38.4 Å². The van der Waals surface area contributed by atoms with Crippen LogP contribution in [0.2, 0.25) is 0 Å². The first-order valence-electron chi connectivity index (χ1n) is 19.0. The number of rotatable bonds is 9. The topological polar surface area (TPSA) is 169 Å². The van der Waals surface area contributed by atoms with Crippen LogP contribution in [0.5, 0.6) is 0 Å². The Hall–Kier alpha value is -7.92. The number of carbonyl (C=O) groups excluding carboxylic acids is 8. The Labute approximate surface area is 344 Å². The van der Waals surface area contributed by atoms with Gasteiger partial charge in [0, 0.05) is 16.8 Å². The van der Waals surface area contributed by atoms with E-state index in [9.17, 15) is 38.4 Å². The minimum atomic E-state index is -0.711. The Morgan fingerprint density at radius 1 is 0.383 bits per heavy atom. The number of nitrogen functional groups attached to an aromatic ring is 1. The SMILES string of the molecule is CC(=O)c1c(-c2ccc(N3C(=O)c4ccc(-c5ccc(N)cc5)cc4C3=O)c(C(C)=O)c2C(C)=O)ccc(N2C(=O)c3ccc(-c4ccc(C)cc4)cc3C2=O)c1C(C)=O. The van der Waals surface area contributed by atoms with Crippen LogP contribution in [-0.4, -0.2) is 46.8 Å². The zero-order valence-corrected chi connectivity index (χ0v) is 33.1. The largest absolute Gasteiger partial charge is 0.399 e. The van der Waals surface area contributed by atoms with Crippen LogP contribution in [0, 0.1) is 6.92 Å². The summed E-state index contributed by atoms with van der Waals surface area (Å²) in [5, 5.41) is 0. The molecule has 0 atom stereocenters. The van der Waals surface area contributed by atoms with E-state index in [0.717, 1.165) is 26.5 Å². The molecule has 11 heteroatoms. The molecule has 0 radical (unpaired) electrons. The number of anilines is 3. The van der Waals surface area contributed by atoms with Gasteiger partial charge in [0.2, 0.25) is 0 Å². The molecule has 0 aromatic heterocycles. The smallest absolute Gasteiger partial charge is 0.266 e. The molecule has 0 unspecified atom stereocenters. The van der Waals surface area contributed by atoms with Crippen LogP contribution in [0.15, 0.2) is 109 Å². The second-order valence-electron chi connectivity index (χ2n) is 14.9. The molecular formula is C49H35N3O8. The molecule has 0 fully saturated rings. The molecule has 11 nitrogen and oxygen atoms in total. The second-order valence-corrected chi connectivity index (χ2v) is 14.9. The van der Waals surface area contributed by atoms with Gasteiger partial charge in [-0.05, 0) is 117 Å². The van der Waals surface area contributed by atoms with Crippen molar-refractivity contribution in [2.75, 3.05) is 15.5 Å². The van der Waals surface area contributed by atoms with Crippen LogP contribution in [0.3, 0.4) is 0 Å². The van der Waals surface area contributed by atoms with Crippen molar-refractivity contribution in [1.82, 2.24) is 0 Å². The molecule has 2 N–H and O–H groups in total. The summed E-state index contributed by atoms with van der Waals surface area (Å²) in [5.41, 5.74) is 9.79. The van der Waals surface area contributed by atoms with Crippen molar-refractivity contribution in [3.05, 3.63) is 159 Å². The number of hydrogen-bond donors (Lipinski definition) is 1. The predicted molar refractivity (Wildman–Crippen MR) is 227 cm³/mol. The minimum Gasteiger partial charge on any atom is -0.399 e. The minimum absolute atomic E-state index is 0.0584. The van der Waals surface area contributed by atoms with E-state index in [0.29, 0.717) is 16.8 Å². The maximum Gasteiger partial charge on any atom is 0.266 e. The highest BCUT2D eigenvalue weighted by Gasteiger charge is 2.42. The van der Waals surface area contributed by atoms with E-state index in [-0.39, 0.29) is 67.0 Å². The van der Waals surface area contributed by atoms with E-state index < -0.39 is 46.8 Å². The van der Waals surface area contributed by atoms with Gasteiger partial charge in [0.25, 0.3) is 23.6 Å². The fourth-order valence-electron chi connectivity index (χ4n) is 8.15. The lowest BCUT2D eigenvalue weighted by Gasteiger charge is -2.24. The molecule has 0 aliphatic carbocycles. The molecule has 60 heavy (non-hydrogen) atoms. The molecule has 294 valence electrons. The number of benzene rings is 6. The normalized spacial score (nSPS) is 13.2. The fraction of sp³-hybridized carbons (Fsp3) is 0.102. The zero-order chi connectivity index (χ0) is 42.9. The molecule has 2 aliphatic rings. The van der Waals surface area contributed by atoms with Crippen molar-refractivity contribution in [1.29, 1.82) is 0 Å². The number of nitrogens with zero attached hydrogens (tertiary/aromatic N) is 2. The summed E-state index contributed by atoms with van der Waals surface area (Å²) in [6.45, 7) is 6.74. The molecule has 0 saturated carbocycles. The Kier molecular flexibility index (Phi) is 9.39. The third-order valence-corrected chi connectivity index (χ3v) is 10.9. The lowest BCUT2D eigenvalue weighted by molar-refractivity contribution is 0.0908. The number of fused-ring (bicyclic) bond motifs is 2. The van der Waals surface area contributed by atoms with Crippen LogP contribution in [0.4, 0.5) is 17.1 Å². The Morgan fingerprint density at radius 2 is 0.700 bits per heavy atom. The summed E-state index contributed by atoms with van der Waals surface area (Å²) < 4.78 is 0. The van der Waals surface area contributed by atoms with E-state index in [1.165, 1.54) is 58.0 Å². The van der Waals surface area contributed by atoms with Gasteiger partial charge in [-0.15, -0.1) is 0 Å². The van der Waals surface area contributed by atoms with Crippen molar-refractivity contribution in [2.24, 2.45) is 0 Å². The summed E-state index contributed by atoms with van der Waals surface area (Å²) >= 11 is 0. The van der Waals surface area contributed by atoms with Gasteiger partial charge in [-0.25, -0.2) is 9.80 Å².